The predicted molar refractivity (Wildman–Crippen MR) is 99.1 cm³/mol. The van der Waals surface area contributed by atoms with Crippen LogP contribution in [-0.4, -0.2) is 19.0 Å². The van der Waals surface area contributed by atoms with Gasteiger partial charge in [-0.3, -0.25) is 4.79 Å². The molecule has 126 valence electrons. The van der Waals surface area contributed by atoms with E-state index in [1.807, 2.05) is 30.3 Å². The Morgan fingerprint density at radius 2 is 1.96 bits per heavy atom. The van der Waals surface area contributed by atoms with E-state index in [1.54, 1.807) is 0 Å². The zero-order valence-electron chi connectivity index (χ0n) is 14.6. The summed E-state index contributed by atoms with van der Waals surface area (Å²) in [5.74, 6) is 0.247. The zero-order chi connectivity index (χ0) is 16.9. The van der Waals surface area contributed by atoms with E-state index in [0.717, 1.165) is 31.5 Å². The lowest BCUT2D eigenvalue weighted by Crippen LogP contribution is -2.43. The third kappa shape index (κ3) is 3.97. The zero-order valence-corrected chi connectivity index (χ0v) is 14.6. The Bertz CT molecular complexity index is 696. The Labute approximate surface area is 144 Å². The van der Waals surface area contributed by atoms with E-state index in [4.69, 9.17) is 0 Å². The molecular weight excluding hydrogens is 296 g/mol. The van der Waals surface area contributed by atoms with Crippen molar-refractivity contribution in [3.8, 4) is 0 Å². The Kier molecular flexibility index (Phi) is 5.19. The molecule has 3 heteroatoms. The van der Waals surface area contributed by atoms with Crippen molar-refractivity contribution >= 4 is 11.6 Å². The fourth-order valence-electron chi connectivity index (χ4n) is 3.40. The number of carbonyl (C=O) groups excluding carboxylic acids is 1. The Hall–Kier alpha value is -2.29. The number of benzene rings is 2. The van der Waals surface area contributed by atoms with Crippen LogP contribution < -0.4 is 10.2 Å². The second-order valence-corrected chi connectivity index (χ2v) is 6.78. The SMILES string of the molecule is Cc1ccc(C)c(N2CCCC(C(=O)NCc3ccccc3)C2)c1. The fourth-order valence-corrected chi connectivity index (χ4v) is 3.40. The lowest BCUT2D eigenvalue weighted by Gasteiger charge is -2.35. The van der Waals surface area contributed by atoms with Crippen molar-refractivity contribution < 1.29 is 4.79 Å². The number of nitrogens with zero attached hydrogens (tertiary/aromatic N) is 1. The summed E-state index contributed by atoms with van der Waals surface area (Å²) < 4.78 is 0. The van der Waals surface area contributed by atoms with Crippen LogP contribution in [0, 0.1) is 19.8 Å². The molecule has 3 nitrogen and oxygen atoms in total. The van der Waals surface area contributed by atoms with Crippen LogP contribution >= 0.6 is 0 Å². The predicted octanol–water partition coefficient (Wildman–Crippen LogP) is 3.84. The Morgan fingerprint density at radius 1 is 1.17 bits per heavy atom. The molecule has 0 spiro atoms. The minimum Gasteiger partial charge on any atom is -0.371 e. The topological polar surface area (TPSA) is 32.3 Å². The monoisotopic (exact) mass is 322 g/mol. The maximum Gasteiger partial charge on any atom is 0.225 e. The molecule has 2 aromatic carbocycles. The molecule has 3 rings (SSSR count). The summed E-state index contributed by atoms with van der Waals surface area (Å²) in [4.78, 5) is 14.9. The molecule has 0 aliphatic carbocycles. The Balaban J connectivity index is 1.62. The van der Waals surface area contributed by atoms with Gasteiger partial charge in [-0.2, -0.15) is 0 Å². The smallest absolute Gasteiger partial charge is 0.225 e. The van der Waals surface area contributed by atoms with E-state index in [1.165, 1.54) is 16.8 Å². The molecule has 2 aromatic rings. The molecule has 0 saturated carbocycles. The first kappa shape index (κ1) is 16.6. The summed E-state index contributed by atoms with van der Waals surface area (Å²) in [6.45, 7) is 6.72. The number of carbonyl (C=O) groups is 1. The average molecular weight is 322 g/mol. The van der Waals surface area contributed by atoms with E-state index >= 15 is 0 Å². The van der Waals surface area contributed by atoms with Gasteiger partial charge in [-0.05, 0) is 49.4 Å². The Morgan fingerprint density at radius 3 is 2.75 bits per heavy atom. The van der Waals surface area contributed by atoms with Gasteiger partial charge in [0.2, 0.25) is 5.91 Å². The van der Waals surface area contributed by atoms with Crippen LogP contribution in [0.5, 0.6) is 0 Å². The second-order valence-electron chi connectivity index (χ2n) is 6.78. The molecule has 1 aliphatic rings. The maximum absolute atomic E-state index is 12.6. The van der Waals surface area contributed by atoms with Crippen LogP contribution in [0.1, 0.15) is 29.5 Å². The highest BCUT2D eigenvalue weighted by atomic mass is 16.1. The number of hydrogen-bond donors (Lipinski definition) is 1. The van der Waals surface area contributed by atoms with Gasteiger partial charge >= 0.3 is 0 Å². The van der Waals surface area contributed by atoms with Gasteiger partial charge in [-0.25, -0.2) is 0 Å². The highest BCUT2D eigenvalue weighted by Crippen LogP contribution is 2.27. The van der Waals surface area contributed by atoms with Gasteiger partial charge in [-0.1, -0.05) is 42.5 Å². The minimum absolute atomic E-state index is 0.0716. The molecule has 1 N–H and O–H groups in total. The molecule has 1 aliphatic heterocycles. The molecular formula is C21H26N2O. The molecule has 1 saturated heterocycles. The molecule has 0 radical (unpaired) electrons. The van der Waals surface area contributed by atoms with Crippen LogP contribution in [0.25, 0.3) is 0 Å². The van der Waals surface area contributed by atoms with Gasteiger partial charge in [-0.15, -0.1) is 0 Å². The van der Waals surface area contributed by atoms with Gasteiger partial charge in [0.15, 0.2) is 0 Å². The molecule has 1 atom stereocenters. The average Bonchev–Trinajstić information content (AvgIpc) is 2.62. The van der Waals surface area contributed by atoms with Crippen LogP contribution in [0.15, 0.2) is 48.5 Å². The number of hydrogen-bond acceptors (Lipinski definition) is 2. The summed E-state index contributed by atoms with van der Waals surface area (Å²) in [6, 6.07) is 16.6. The van der Waals surface area contributed by atoms with E-state index < -0.39 is 0 Å². The molecule has 1 unspecified atom stereocenters. The van der Waals surface area contributed by atoms with Gasteiger partial charge in [0.1, 0.15) is 0 Å². The van der Waals surface area contributed by atoms with Gasteiger partial charge in [0.05, 0.1) is 5.92 Å². The van der Waals surface area contributed by atoms with Gasteiger partial charge < -0.3 is 10.2 Å². The van der Waals surface area contributed by atoms with E-state index in [9.17, 15) is 4.79 Å². The van der Waals surface area contributed by atoms with Crippen LogP contribution in [-0.2, 0) is 11.3 Å². The molecule has 1 amide bonds. The number of nitrogens with one attached hydrogen (secondary N) is 1. The quantitative estimate of drug-likeness (QED) is 0.927. The van der Waals surface area contributed by atoms with Crippen LogP contribution in [0.2, 0.25) is 0 Å². The van der Waals surface area contributed by atoms with E-state index in [2.05, 4.69) is 42.3 Å². The third-order valence-corrected chi connectivity index (χ3v) is 4.81. The summed E-state index contributed by atoms with van der Waals surface area (Å²) >= 11 is 0. The van der Waals surface area contributed by atoms with Crippen molar-refractivity contribution in [3.05, 3.63) is 65.2 Å². The standard InChI is InChI=1S/C21H26N2O/c1-16-10-11-17(2)20(13-16)23-12-6-9-19(15-23)21(24)22-14-18-7-4-3-5-8-18/h3-5,7-8,10-11,13,19H,6,9,12,14-15H2,1-2H3,(H,22,24). The number of anilines is 1. The molecule has 1 heterocycles. The first-order valence-electron chi connectivity index (χ1n) is 8.77. The minimum atomic E-state index is 0.0716. The first-order chi connectivity index (χ1) is 11.6. The third-order valence-electron chi connectivity index (χ3n) is 4.81. The molecule has 0 aromatic heterocycles. The fraction of sp³-hybridized carbons (Fsp3) is 0.381. The first-order valence-corrected chi connectivity index (χ1v) is 8.77. The number of amides is 1. The van der Waals surface area contributed by atoms with Crippen molar-refractivity contribution in [2.45, 2.75) is 33.2 Å². The number of aryl methyl sites for hydroxylation is 2. The molecule has 24 heavy (non-hydrogen) atoms. The van der Waals surface area contributed by atoms with Crippen molar-refractivity contribution in [2.24, 2.45) is 5.92 Å². The van der Waals surface area contributed by atoms with Gasteiger partial charge in [0.25, 0.3) is 0 Å². The van der Waals surface area contributed by atoms with E-state index in [-0.39, 0.29) is 11.8 Å². The van der Waals surface area contributed by atoms with Crippen molar-refractivity contribution in [1.82, 2.24) is 5.32 Å². The summed E-state index contributed by atoms with van der Waals surface area (Å²) in [5.41, 5.74) is 4.97. The number of rotatable bonds is 4. The number of piperidine rings is 1. The molecule has 1 fully saturated rings. The van der Waals surface area contributed by atoms with Gasteiger partial charge in [0, 0.05) is 25.3 Å². The van der Waals surface area contributed by atoms with Crippen LogP contribution in [0.3, 0.4) is 0 Å². The largest absolute Gasteiger partial charge is 0.371 e. The summed E-state index contributed by atoms with van der Waals surface area (Å²) in [7, 11) is 0. The normalized spacial score (nSPS) is 17.6. The van der Waals surface area contributed by atoms with Crippen LogP contribution in [0.4, 0.5) is 5.69 Å². The lowest BCUT2D eigenvalue weighted by atomic mass is 9.95. The van der Waals surface area contributed by atoms with Crippen molar-refractivity contribution in [3.63, 3.8) is 0 Å². The van der Waals surface area contributed by atoms with E-state index in [0.29, 0.717) is 6.54 Å². The second kappa shape index (κ2) is 7.52. The highest BCUT2D eigenvalue weighted by molar-refractivity contribution is 5.79. The maximum atomic E-state index is 12.6. The highest BCUT2D eigenvalue weighted by Gasteiger charge is 2.26. The van der Waals surface area contributed by atoms with Crippen molar-refractivity contribution in [1.29, 1.82) is 0 Å². The lowest BCUT2D eigenvalue weighted by molar-refractivity contribution is -0.125. The van der Waals surface area contributed by atoms with Crippen molar-refractivity contribution in [2.75, 3.05) is 18.0 Å². The molecule has 0 bridgehead atoms. The summed E-state index contributed by atoms with van der Waals surface area (Å²) in [6.07, 6.45) is 2.04. The summed E-state index contributed by atoms with van der Waals surface area (Å²) in [5, 5.41) is 3.10.